The lowest BCUT2D eigenvalue weighted by molar-refractivity contribution is -0.126. The number of hydrogen-bond donors (Lipinski definition) is 1. The first-order valence-electron chi connectivity index (χ1n) is 11.4. The number of rotatable bonds is 9. The number of carbonyl (C=O) groups excluding carboxylic acids is 1. The first-order valence-corrected chi connectivity index (χ1v) is 12.8. The molecule has 0 spiro atoms. The molecule has 2 aromatic rings. The van der Waals surface area contributed by atoms with Crippen LogP contribution >= 0.6 is 0 Å². The number of aryl methyl sites for hydroxylation is 2. The largest absolute Gasteiger partial charge is 0.491 e. The van der Waals surface area contributed by atoms with E-state index in [0.29, 0.717) is 37.4 Å². The van der Waals surface area contributed by atoms with Gasteiger partial charge < -0.3 is 10.1 Å². The Hall–Kier alpha value is -2.38. The lowest BCUT2D eigenvalue weighted by atomic mass is 9.97. The van der Waals surface area contributed by atoms with Gasteiger partial charge in [0, 0.05) is 25.6 Å². The van der Waals surface area contributed by atoms with Crippen LogP contribution in [0.3, 0.4) is 0 Å². The van der Waals surface area contributed by atoms with Crippen molar-refractivity contribution in [2.24, 2.45) is 5.92 Å². The maximum Gasteiger partial charge on any atom is 0.243 e. The number of ether oxygens (including phenoxy) is 1. The summed E-state index contributed by atoms with van der Waals surface area (Å²) >= 11 is 0. The molecule has 0 bridgehead atoms. The molecule has 1 aliphatic rings. The van der Waals surface area contributed by atoms with Crippen LogP contribution in [0, 0.1) is 12.8 Å². The fourth-order valence-electron chi connectivity index (χ4n) is 3.91. The van der Waals surface area contributed by atoms with Gasteiger partial charge in [0.2, 0.25) is 15.9 Å². The van der Waals surface area contributed by atoms with Gasteiger partial charge in [0.05, 0.1) is 11.0 Å². The molecule has 0 radical (unpaired) electrons. The number of benzene rings is 2. The van der Waals surface area contributed by atoms with E-state index in [1.807, 2.05) is 39.0 Å². The summed E-state index contributed by atoms with van der Waals surface area (Å²) in [5.41, 5.74) is 2.21. The molecule has 7 heteroatoms. The zero-order valence-corrected chi connectivity index (χ0v) is 20.0. The van der Waals surface area contributed by atoms with Gasteiger partial charge in [0.25, 0.3) is 0 Å². The van der Waals surface area contributed by atoms with Gasteiger partial charge in [-0.05, 0) is 76.3 Å². The summed E-state index contributed by atoms with van der Waals surface area (Å²) in [4.78, 5) is 12.9. The lowest BCUT2D eigenvalue weighted by Gasteiger charge is -2.30. The number of carbonyl (C=O) groups is 1. The molecule has 3 rings (SSSR count). The Labute approximate surface area is 192 Å². The highest BCUT2D eigenvalue weighted by molar-refractivity contribution is 7.89. The molecule has 1 heterocycles. The molecule has 1 N–H and O–H groups in total. The highest BCUT2D eigenvalue weighted by Gasteiger charge is 2.31. The Balaban J connectivity index is 1.41. The third kappa shape index (κ3) is 6.56. The SMILES string of the molecule is Cc1ccc(S(=O)(=O)N2CCC(C(=O)NCCCc3cccc(OC(C)C)c3)CC2)cc1. The quantitative estimate of drug-likeness (QED) is 0.578. The second-order valence-corrected chi connectivity index (χ2v) is 10.6. The maximum absolute atomic E-state index is 12.8. The van der Waals surface area contributed by atoms with Gasteiger partial charge >= 0.3 is 0 Å². The molecule has 0 unspecified atom stereocenters. The number of nitrogens with one attached hydrogen (secondary N) is 1. The minimum Gasteiger partial charge on any atom is -0.491 e. The summed E-state index contributed by atoms with van der Waals surface area (Å²) in [6, 6.07) is 15.0. The molecule has 6 nitrogen and oxygen atoms in total. The van der Waals surface area contributed by atoms with Crippen LogP contribution in [0.15, 0.2) is 53.4 Å². The molecule has 32 heavy (non-hydrogen) atoms. The standard InChI is InChI=1S/C25H34N2O4S/c1-19(2)31-23-8-4-6-21(18-23)7-5-15-26-25(28)22-13-16-27(17-14-22)32(29,30)24-11-9-20(3)10-12-24/h4,6,8-12,18-19,22H,5,7,13-17H2,1-3H3,(H,26,28). The second kappa shape index (κ2) is 11.0. The second-order valence-electron chi connectivity index (χ2n) is 8.70. The first-order chi connectivity index (χ1) is 15.3. The number of nitrogens with zero attached hydrogens (tertiary/aromatic N) is 1. The van der Waals surface area contributed by atoms with E-state index in [1.165, 1.54) is 9.87 Å². The van der Waals surface area contributed by atoms with Crippen molar-refractivity contribution < 1.29 is 17.9 Å². The minimum absolute atomic E-state index is 0.0225. The Morgan fingerprint density at radius 1 is 1.12 bits per heavy atom. The van der Waals surface area contributed by atoms with Crippen LogP contribution in [0.2, 0.25) is 0 Å². The van der Waals surface area contributed by atoms with Crippen LogP contribution in [0.1, 0.15) is 44.2 Å². The monoisotopic (exact) mass is 458 g/mol. The molecule has 0 atom stereocenters. The minimum atomic E-state index is -3.50. The zero-order valence-electron chi connectivity index (χ0n) is 19.2. The smallest absolute Gasteiger partial charge is 0.243 e. The van der Waals surface area contributed by atoms with Gasteiger partial charge in [-0.1, -0.05) is 29.8 Å². The van der Waals surface area contributed by atoms with Gasteiger partial charge in [-0.25, -0.2) is 8.42 Å². The molecule has 1 fully saturated rings. The Morgan fingerprint density at radius 2 is 1.81 bits per heavy atom. The van der Waals surface area contributed by atoms with Gasteiger partial charge in [-0.2, -0.15) is 4.31 Å². The normalized spacial score (nSPS) is 15.6. The summed E-state index contributed by atoms with van der Waals surface area (Å²) in [7, 11) is -3.50. The molecular weight excluding hydrogens is 424 g/mol. The summed E-state index contributed by atoms with van der Waals surface area (Å²) in [5, 5.41) is 3.02. The van der Waals surface area contributed by atoms with Crippen LogP contribution in [0.5, 0.6) is 5.75 Å². The molecule has 1 aliphatic heterocycles. The van der Waals surface area contributed by atoms with Crippen molar-refractivity contribution in [1.82, 2.24) is 9.62 Å². The molecule has 0 saturated carbocycles. The maximum atomic E-state index is 12.8. The van der Waals surface area contributed by atoms with Crippen molar-refractivity contribution in [3.05, 3.63) is 59.7 Å². The molecule has 174 valence electrons. The highest BCUT2D eigenvalue weighted by Crippen LogP contribution is 2.24. The van der Waals surface area contributed by atoms with Crippen LogP contribution in [-0.2, 0) is 21.2 Å². The van der Waals surface area contributed by atoms with E-state index in [9.17, 15) is 13.2 Å². The van der Waals surface area contributed by atoms with Crippen LogP contribution in [-0.4, -0.2) is 44.4 Å². The zero-order chi connectivity index (χ0) is 23.1. The van der Waals surface area contributed by atoms with Crippen LogP contribution in [0.25, 0.3) is 0 Å². The van der Waals surface area contributed by atoms with Crippen molar-refractivity contribution in [2.45, 2.75) is 57.5 Å². The predicted molar refractivity (Wildman–Crippen MR) is 126 cm³/mol. The summed E-state index contributed by atoms with van der Waals surface area (Å²) in [5.74, 6) is 0.755. The number of piperidine rings is 1. The van der Waals surface area contributed by atoms with E-state index in [2.05, 4.69) is 11.4 Å². The number of sulfonamides is 1. The molecule has 0 aromatic heterocycles. The average Bonchev–Trinajstić information content (AvgIpc) is 2.77. The highest BCUT2D eigenvalue weighted by atomic mass is 32.2. The Kier molecular flexibility index (Phi) is 8.32. The van der Waals surface area contributed by atoms with Crippen molar-refractivity contribution in [1.29, 1.82) is 0 Å². The molecular formula is C25H34N2O4S. The third-order valence-electron chi connectivity index (χ3n) is 5.70. The molecule has 2 aromatic carbocycles. The van der Waals surface area contributed by atoms with Crippen molar-refractivity contribution >= 4 is 15.9 Å². The summed E-state index contributed by atoms with van der Waals surface area (Å²) < 4.78 is 32.9. The van der Waals surface area contributed by atoms with Crippen molar-refractivity contribution in [3.63, 3.8) is 0 Å². The van der Waals surface area contributed by atoms with Crippen molar-refractivity contribution in [3.8, 4) is 5.75 Å². The van der Waals surface area contributed by atoms with Crippen LogP contribution in [0.4, 0.5) is 0 Å². The first kappa shape index (κ1) is 24.3. The number of amides is 1. The van der Waals surface area contributed by atoms with E-state index in [1.54, 1.807) is 24.3 Å². The van der Waals surface area contributed by atoms with E-state index >= 15 is 0 Å². The van der Waals surface area contributed by atoms with Crippen LogP contribution < -0.4 is 10.1 Å². The lowest BCUT2D eigenvalue weighted by Crippen LogP contribution is -2.43. The Morgan fingerprint density at radius 3 is 2.47 bits per heavy atom. The van der Waals surface area contributed by atoms with Gasteiger partial charge in [0.15, 0.2) is 0 Å². The summed E-state index contributed by atoms with van der Waals surface area (Å²) in [6.45, 7) is 7.29. The van der Waals surface area contributed by atoms with Gasteiger partial charge in [-0.15, -0.1) is 0 Å². The predicted octanol–water partition coefficient (Wildman–Crippen LogP) is 3.93. The molecule has 1 amide bonds. The number of hydrogen-bond acceptors (Lipinski definition) is 4. The fourth-order valence-corrected chi connectivity index (χ4v) is 5.38. The summed E-state index contributed by atoms with van der Waals surface area (Å²) in [6.07, 6.45) is 2.94. The van der Waals surface area contributed by atoms with Crippen molar-refractivity contribution in [2.75, 3.05) is 19.6 Å². The Bertz CT molecular complexity index is 995. The third-order valence-corrected chi connectivity index (χ3v) is 7.61. The molecule has 1 saturated heterocycles. The van der Waals surface area contributed by atoms with Gasteiger partial charge in [0.1, 0.15) is 5.75 Å². The van der Waals surface area contributed by atoms with Gasteiger partial charge in [-0.3, -0.25) is 4.79 Å². The van der Waals surface area contributed by atoms with E-state index in [4.69, 9.17) is 4.74 Å². The average molecular weight is 459 g/mol. The topological polar surface area (TPSA) is 75.7 Å². The molecule has 0 aliphatic carbocycles. The van der Waals surface area contributed by atoms with E-state index in [0.717, 1.165) is 24.2 Å². The van der Waals surface area contributed by atoms with E-state index < -0.39 is 10.0 Å². The fraction of sp³-hybridized carbons (Fsp3) is 0.480. The van der Waals surface area contributed by atoms with E-state index in [-0.39, 0.29) is 17.9 Å².